The van der Waals surface area contributed by atoms with Crippen molar-refractivity contribution < 1.29 is 8.60 Å². The van der Waals surface area contributed by atoms with Gasteiger partial charge in [-0.3, -0.25) is 4.78 Å². The van der Waals surface area contributed by atoms with Crippen molar-refractivity contribution in [3.05, 3.63) is 71.2 Å². The molecule has 0 bridgehead atoms. The van der Waals surface area contributed by atoms with Crippen molar-refractivity contribution in [2.45, 2.75) is 18.7 Å². The van der Waals surface area contributed by atoms with Crippen LogP contribution in [0.25, 0.3) is 0 Å². The molecule has 1 aromatic heterocycles. The van der Waals surface area contributed by atoms with Crippen LogP contribution in [0, 0.1) is 29.4 Å². The summed E-state index contributed by atoms with van der Waals surface area (Å²) in [5.74, 6) is 6.75. The smallest absolute Gasteiger partial charge is 0.229 e. The highest BCUT2D eigenvalue weighted by molar-refractivity contribution is 7.73. The molecule has 0 radical (unpaired) electrons. The molecule has 6 nitrogen and oxygen atoms in total. The number of hydrogen-bond donors (Lipinski definition) is 4. The number of thiol groups is 1. The maximum Gasteiger partial charge on any atom is 0.229 e. The second-order valence-corrected chi connectivity index (χ2v) is 7.27. The minimum Gasteiger partial charge on any atom is -0.369 e. The van der Waals surface area contributed by atoms with Gasteiger partial charge in [0, 0.05) is 22.7 Å². The van der Waals surface area contributed by atoms with Gasteiger partial charge in [-0.2, -0.15) is 4.98 Å². The molecule has 0 aliphatic heterocycles. The molecule has 1 atom stereocenters. The third-order valence-corrected chi connectivity index (χ3v) is 4.76. The van der Waals surface area contributed by atoms with Gasteiger partial charge in [0.1, 0.15) is 11.6 Å². The fourth-order valence-electron chi connectivity index (χ4n) is 2.51. The summed E-state index contributed by atoms with van der Waals surface area (Å²) in [5.41, 5.74) is 2.59. The third-order valence-electron chi connectivity index (χ3n) is 3.99. The van der Waals surface area contributed by atoms with Crippen molar-refractivity contribution in [3.8, 4) is 11.8 Å². The molecular formula is C21H20FN5OS. The Hall–Kier alpha value is -3.44. The third kappa shape index (κ3) is 5.30. The summed E-state index contributed by atoms with van der Waals surface area (Å²) in [4.78, 5) is 9.23. The molecule has 0 aliphatic rings. The van der Waals surface area contributed by atoms with Crippen molar-refractivity contribution >= 4 is 28.0 Å². The summed E-state index contributed by atoms with van der Waals surface area (Å²) in [6.07, 6.45) is 1.62. The number of aromatic nitrogens is 2. The van der Waals surface area contributed by atoms with Crippen LogP contribution in [-0.2, 0) is 10.6 Å². The number of hydrogen-bond acceptors (Lipinski definition) is 6. The Morgan fingerprint density at radius 2 is 1.93 bits per heavy atom. The van der Waals surface area contributed by atoms with Crippen LogP contribution in [-0.4, -0.2) is 20.7 Å². The quantitative estimate of drug-likeness (QED) is 0.376. The first-order valence-electron chi connectivity index (χ1n) is 8.91. The molecule has 148 valence electrons. The van der Waals surface area contributed by atoms with E-state index in [1.165, 1.54) is 6.07 Å². The lowest BCUT2D eigenvalue weighted by atomic mass is 10.1. The van der Waals surface area contributed by atoms with Gasteiger partial charge < -0.3 is 10.6 Å². The maximum absolute atomic E-state index is 13.4. The maximum atomic E-state index is 13.4. The minimum atomic E-state index is -2.11. The SMILES string of the molecule is CCNc1nc(Nc2ccc([SH](=N)=O)cc2)ncc1C#Cc1ccc(F)c(C)c1. The fraction of sp³-hybridized carbons (Fsp3) is 0.143. The number of nitrogens with one attached hydrogen (secondary N) is 3. The second-order valence-electron chi connectivity index (χ2n) is 6.17. The summed E-state index contributed by atoms with van der Waals surface area (Å²) >= 11 is 0. The Kier molecular flexibility index (Phi) is 6.42. The highest BCUT2D eigenvalue weighted by Gasteiger charge is 2.06. The monoisotopic (exact) mass is 409 g/mol. The Labute approximate surface area is 170 Å². The average molecular weight is 409 g/mol. The summed E-state index contributed by atoms with van der Waals surface area (Å²) in [5, 5.41) is 6.24. The molecule has 0 fully saturated rings. The van der Waals surface area contributed by atoms with Crippen LogP contribution < -0.4 is 10.6 Å². The van der Waals surface area contributed by atoms with Crippen LogP contribution in [0.15, 0.2) is 53.6 Å². The van der Waals surface area contributed by atoms with Crippen molar-refractivity contribution in [1.29, 1.82) is 4.78 Å². The number of rotatable bonds is 5. The van der Waals surface area contributed by atoms with E-state index in [9.17, 15) is 8.60 Å². The lowest BCUT2D eigenvalue weighted by molar-refractivity contribution is 0.618. The Bertz CT molecular complexity index is 1160. The standard InChI is InChI=1S/C21H20FN5OS/c1-3-24-20-16(6-4-15-5-11-19(22)14(2)12-15)13-25-21(27-20)26-17-7-9-18(10-8-17)29(23)28/h5,7-13,23,29H,3H2,1-2H3,(H2,24,25,26,27). The van der Waals surface area contributed by atoms with Crippen molar-refractivity contribution in [2.24, 2.45) is 0 Å². The second kappa shape index (κ2) is 9.17. The first-order valence-corrected chi connectivity index (χ1v) is 10.2. The molecule has 3 aromatic rings. The van der Waals surface area contributed by atoms with Gasteiger partial charge in [-0.25, -0.2) is 13.6 Å². The zero-order chi connectivity index (χ0) is 20.8. The van der Waals surface area contributed by atoms with E-state index in [0.29, 0.717) is 45.6 Å². The topological polar surface area (TPSA) is 90.8 Å². The number of benzene rings is 2. The summed E-state index contributed by atoms with van der Waals surface area (Å²) < 4.78 is 31.9. The fourth-order valence-corrected chi connectivity index (χ4v) is 2.93. The largest absolute Gasteiger partial charge is 0.369 e. The Morgan fingerprint density at radius 3 is 2.59 bits per heavy atom. The van der Waals surface area contributed by atoms with Gasteiger partial charge in [0.2, 0.25) is 5.95 Å². The van der Waals surface area contributed by atoms with Crippen molar-refractivity contribution in [3.63, 3.8) is 0 Å². The van der Waals surface area contributed by atoms with Crippen LogP contribution in [0.1, 0.15) is 23.6 Å². The summed E-state index contributed by atoms with van der Waals surface area (Å²) in [7, 11) is -2.11. The van der Waals surface area contributed by atoms with Gasteiger partial charge in [-0.1, -0.05) is 11.8 Å². The average Bonchev–Trinajstić information content (AvgIpc) is 2.70. The van der Waals surface area contributed by atoms with Gasteiger partial charge in [-0.15, -0.1) is 0 Å². The van der Waals surface area contributed by atoms with E-state index >= 15 is 0 Å². The molecule has 0 saturated carbocycles. The highest BCUT2D eigenvalue weighted by atomic mass is 32.2. The van der Waals surface area contributed by atoms with Gasteiger partial charge in [0.05, 0.1) is 22.4 Å². The van der Waals surface area contributed by atoms with E-state index in [1.54, 1.807) is 49.5 Å². The Morgan fingerprint density at radius 1 is 1.17 bits per heavy atom. The number of aryl methyl sites for hydroxylation is 1. The predicted octanol–water partition coefficient (Wildman–Crippen LogP) is 4.10. The van der Waals surface area contributed by atoms with Crippen LogP contribution >= 0.6 is 0 Å². The zero-order valence-electron chi connectivity index (χ0n) is 16.0. The summed E-state index contributed by atoms with van der Waals surface area (Å²) in [6.45, 7) is 4.31. The van der Waals surface area contributed by atoms with Gasteiger partial charge >= 0.3 is 0 Å². The van der Waals surface area contributed by atoms with E-state index < -0.39 is 10.6 Å². The molecule has 3 rings (SSSR count). The number of nitrogens with zero attached hydrogens (tertiary/aromatic N) is 2. The Balaban J connectivity index is 1.85. The number of anilines is 3. The van der Waals surface area contributed by atoms with Crippen LogP contribution in [0.4, 0.5) is 21.8 Å². The van der Waals surface area contributed by atoms with Gasteiger partial charge in [0.25, 0.3) is 0 Å². The molecule has 0 aliphatic carbocycles. The van der Waals surface area contributed by atoms with E-state index in [-0.39, 0.29) is 5.82 Å². The van der Waals surface area contributed by atoms with E-state index in [2.05, 4.69) is 32.4 Å². The normalized spacial score (nSPS) is 11.3. The molecule has 0 amide bonds. The van der Waals surface area contributed by atoms with Gasteiger partial charge in [-0.05, 0) is 61.9 Å². The van der Waals surface area contributed by atoms with E-state index in [4.69, 9.17) is 4.78 Å². The first-order chi connectivity index (χ1) is 14.0. The van der Waals surface area contributed by atoms with E-state index in [1.807, 2.05) is 6.92 Å². The van der Waals surface area contributed by atoms with Gasteiger partial charge in [0.15, 0.2) is 0 Å². The highest BCUT2D eigenvalue weighted by Crippen LogP contribution is 2.18. The molecular weight excluding hydrogens is 389 g/mol. The van der Waals surface area contributed by atoms with Crippen molar-refractivity contribution in [2.75, 3.05) is 17.2 Å². The zero-order valence-corrected chi connectivity index (χ0v) is 16.8. The van der Waals surface area contributed by atoms with E-state index in [0.717, 1.165) is 0 Å². The summed E-state index contributed by atoms with van der Waals surface area (Å²) in [6, 6.07) is 11.4. The molecule has 0 spiro atoms. The van der Waals surface area contributed by atoms with Crippen LogP contribution in [0.5, 0.6) is 0 Å². The van der Waals surface area contributed by atoms with Crippen molar-refractivity contribution in [1.82, 2.24) is 9.97 Å². The molecule has 8 heteroatoms. The molecule has 2 aromatic carbocycles. The lowest BCUT2D eigenvalue weighted by Gasteiger charge is -2.09. The molecule has 1 unspecified atom stereocenters. The predicted molar refractivity (Wildman–Crippen MR) is 114 cm³/mol. The first kappa shape index (κ1) is 20.3. The molecule has 29 heavy (non-hydrogen) atoms. The van der Waals surface area contributed by atoms with Crippen LogP contribution in [0.3, 0.4) is 0 Å². The minimum absolute atomic E-state index is 0.259. The lowest BCUT2D eigenvalue weighted by Crippen LogP contribution is -2.06. The molecule has 3 N–H and O–H groups in total. The molecule has 0 saturated heterocycles. The number of halogens is 1. The van der Waals surface area contributed by atoms with Crippen LogP contribution in [0.2, 0.25) is 0 Å². The molecule has 1 heterocycles.